The van der Waals surface area contributed by atoms with Crippen molar-refractivity contribution in [3.8, 4) is 5.75 Å². The second-order valence-electron chi connectivity index (χ2n) is 8.26. The first-order valence-corrected chi connectivity index (χ1v) is 10.1. The van der Waals surface area contributed by atoms with Crippen molar-refractivity contribution in [2.75, 3.05) is 19.1 Å². The van der Waals surface area contributed by atoms with E-state index in [-0.39, 0.29) is 12.0 Å². The largest absolute Gasteiger partial charge is 0.514 e. The Morgan fingerprint density at radius 2 is 1.90 bits per heavy atom. The van der Waals surface area contributed by atoms with Gasteiger partial charge >= 0.3 is 12.1 Å². The smallest absolute Gasteiger partial charge is 0.465 e. The fourth-order valence-corrected chi connectivity index (χ4v) is 4.02. The molecule has 0 aromatic heterocycles. The number of benzene rings is 2. The Balaban J connectivity index is 1.85. The van der Waals surface area contributed by atoms with Gasteiger partial charge in [-0.15, -0.1) is 0 Å². The number of rotatable bonds is 3. The molecule has 1 unspecified atom stereocenters. The lowest BCUT2D eigenvalue weighted by Crippen LogP contribution is -2.30. The Bertz CT molecular complexity index is 967. The highest BCUT2D eigenvalue weighted by molar-refractivity contribution is 6.33. The summed E-state index contributed by atoms with van der Waals surface area (Å²) in [5.41, 5.74) is 2.76. The van der Waals surface area contributed by atoms with Crippen molar-refractivity contribution in [2.45, 2.75) is 45.3 Å². The molecule has 0 radical (unpaired) electrons. The van der Waals surface area contributed by atoms with E-state index in [9.17, 15) is 9.59 Å². The molecule has 1 aliphatic heterocycles. The summed E-state index contributed by atoms with van der Waals surface area (Å²) in [4.78, 5) is 26.0. The standard InChI is InChI=1S/C23H26ClNO5/c1-23(2,3)30-22(27)29-17-12-15-9-10-19(25(4)20(15)18(24)13-17)14-7-6-8-16(11-14)21(26)28-5/h6-8,11-13,19H,9-10H2,1-5H3. The minimum absolute atomic E-state index is 0.0530. The van der Waals surface area contributed by atoms with Gasteiger partial charge in [0.15, 0.2) is 0 Å². The van der Waals surface area contributed by atoms with Crippen LogP contribution in [0.5, 0.6) is 5.75 Å². The van der Waals surface area contributed by atoms with Crippen molar-refractivity contribution in [1.82, 2.24) is 0 Å². The molecule has 0 N–H and O–H groups in total. The number of esters is 1. The molecule has 3 rings (SSSR count). The van der Waals surface area contributed by atoms with Crippen molar-refractivity contribution < 1.29 is 23.8 Å². The van der Waals surface area contributed by atoms with Crippen LogP contribution in [-0.4, -0.2) is 31.9 Å². The van der Waals surface area contributed by atoms with Crippen LogP contribution in [0.4, 0.5) is 10.5 Å². The summed E-state index contributed by atoms with van der Waals surface area (Å²) in [7, 11) is 3.34. The first-order valence-electron chi connectivity index (χ1n) is 9.73. The van der Waals surface area contributed by atoms with Crippen LogP contribution in [-0.2, 0) is 15.9 Å². The highest BCUT2D eigenvalue weighted by atomic mass is 35.5. The zero-order chi connectivity index (χ0) is 22.1. The van der Waals surface area contributed by atoms with E-state index in [1.165, 1.54) is 7.11 Å². The van der Waals surface area contributed by atoms with E-state index in [0.717, 1.165) is 29.7 Å². The number of carbonyl (C=O) groups is 2. The molecule has 6 nitrogen and oxygen atoms in total. The lowest BCUT2D eigenvalue weighted by molar-refractivity contribution is 0.0206. The molecule has 1 atom stereocenters. The van der Waals surface area contributed by atoms with Gasteiger partial charge in [-0.3, -0.25) is 0 Å². The van der Waals surface area contributed by atoms with Gasteiger partial charge in [0.05, 0.1) is 29.4 Å². The first kappa shape index (κ1) is 22.0. The number of anilines is 1. The van der Waals surface area contributed by atoms with Crippen LogP contribution in [0.15, 0.2) is 36.4 Å². The third-order valence-electron chi connectivity index (χ3n) is 4.91. The molecule has 1 heterocycles. The molecule has 7 heteroatoms. The van der Waals surface area contributed by atoms with Gasteiger partial charge in [0.25, 0.3) is 0 Å². The van der Waals surface area contributed by atoms with E-state index in [1.54, 1.807) is 32.9 Å². The van der Waals surface area contributed by atoms with Gasteiger partial charge in [-0.1, -0.05) is 23.7 Å². The molecular weight excluding hydrogens is 406 g/mol. The van der Waals surface area contributed by atoms with E-state index in [0.29, 0.717) is 16.3 Å². The van der Waals surface area contributed by atoms with E-state index in [1.807, 2.05) is 31.3 Å². The summed E-state index contributed by atoms with van der Waals surface area (Å²) < 4.78 is 15.4. The summed E-state index contributed by atoms with van der Waals surface area (Å²) in [6.07, 6.45) is 0.804. The van der Waals surface area contributed by atoms with Crippen LogP contribution in [0.3, 0.4) is 0 Å². The summed E-state index contributed by atoms with van der Waals surface area (Å²) in [5, 5.41) is 0.488. The Morgan fingerprint density at radius 3 is 2.57 bits per heavy atom. The van der Waals surface area contributed by atoms with E-state index >= 15 is 0 Å². The second-order valence-corrected chi connectivity index (χ2v) is 8.67. The Hall–Kier alpha value is -2.73. The van der Waals surface area contributed by atoms with E-state index < -0.39 is 11.8 Å². The molecule has 0 saturated heterocycles. The summed E-state index contributed by atoms with van der Waals surface area (Å²) in [6, 6.07) is 10.9. The van der Waals surface area contributed by atoms with Crippen molar-refractivity contribution >= 4 is 29.4 Å². The molecule has 2 aromatic rings. The fourth-order valence-electron chi connectivity index (χ4n) is 3.66. The molecular formula is C23H26ClNO5. The monoisotopic (exact) mass is 431 g/mol. The molecule has 0 spiro atoms. The van der Waals surface area contributed by atoms with Gasteiger partial charge in [-0.2, -0.15) is 0 Å². The van der Waals surface area contributed by atoms with Crippen LogP contribution in [0.1, 0.15) is 54.7 Å². The maximum Gasteiger partial charge on any atom is 0.514 e. The molecule has 30 heavy (non-hydrogen) atoms. The number of ether oxygens (including phenoxy) is 3. The minimum atomic E-state index is -0.764. The quantitative estimate of drug-likeness (QED) is 0.468. The van der Waals surface area contributed by atoms with Gasteiger partial charge in [-0.25, -0.2) is 9.59 Å². The third kappa shape index (κ3) is 4.87. The van der Waals surface area contributed by atoms with Gasteiger partial charge < -0.3 is 19.1 Å². The number of hydrogen-bond acceptors (Lipinski definition) is 6. The molecule has 160 valence electrons. The number of halogens is 1. The number of nitrogens with zero attached hydrogens (tertiary/aromatic N) is 1. The first-order chi connectivity index (χ1) is 14.1. The van der Waals surface area contributed by atoms with Crippen LogP contribution in [0.2, 0.25) is 5.02 Å². The maximum absolute atomic E-state index is 12.0. The fraction of sp³-hybridized carbons (Fsp3) is 0.391. The zero-order valence-electron chi connectivity index (χ0n) is 17.8. The van der Waals surface area contributed by atoms with Crippen LogP contribution < -0.4 is 9.64 Å². The van der Waals surface area contributed by atoms with Crippen LogP contribution in [0, 0.1) is 0 Å². The average Bonchev–Trinajstić information content (AvgIpc) is 2.65. The maximum atomic E-state index is 12.0. The molecule has 0 saturated carbocycles. The van der Waals surface area contributed by atoms with Gasteiger partial charge in [-0.05, 0) is 62.9 Å². The number of hydrogen-bond donors (Lipinski definition) is 0. The average molecular weight is 432 g/mol. The Labute approximate surface area is 181 Å². The third-order valence-corrected chi connectivity index (χ3v) is 5.19. The number of fused-ring (bicyclic) bond motifs is 1. The predicted octanol–water partition coefficient (Wildman–Crippen LogP) is 5.56. The van der Waals surface area contributed by atoms with Crippen molar-refractivity contribution in [3.05, 3.63) is 58.1 Å². The normalized spacial score (nSPS) is 15.9. The van der Waals surface area contributed by atoms with E-state index in [4.69, 9.17) is 25.8 Å². The van der Waals surface area contributed by atoms with Gasteiger partial charge in [0.2, 0.25) is 0 Å². The number of methoxy groups -OCH3 is 1. The molecule has 0 fully saturated rings. The predicted molar refractivity (Wildman–Crippen MR) is 116 cm³/mol. The number of carbonyl (C=O) groups excluding carboxylic acids is 2. The van der Waals surface area contributed by atoms with Crippen molar-refractivity contribution in [2.24, 2.45) is 0 Å². The van der Waals surface area contributed by atoms with Gasteiger partial charge in [0.1, 0.15) is 11.4 Å². The highest BCUT2D eigenvalue weighted by Gasteiger charge is 2.28. The van der Waals surface area contributed by atoms with Crippen molar-refractivity contribution in [3.63, 3.8) is 0 Å². The topological polar surface area (TPSA) is 65.1 Å². The second kappa shape index (κ2) is 8.56. The van der Waals surface area contributed by atoms with Crippen molar-refractivity contribution in [1.29, 1.82) is 0 Å². The molecule has 0 amide bonds. The summed E-state index contributed by atoms with van der Waals surface area (Å²) in [6.45, 7) is 5.33. The minimum Gasteiger partial charge on any atom is -0.465 e. The molecule has 2 aromatic carbocycles. The highest BCUT2D eigenvalue weighted by Crippen LogP contribution is 2.43. The molecule has 1 aliphatic rings. The van der Waals surface area contributed by atoms with Gasteiger partial charge in [0, 0.05) is 13.1 Å². The number of aryl methyl sites for hydroxylation is 1. The van der Waals surface area contributed by atoms with E-state index in [2.05, 4.69) is 4.90 Å². The SMILES string of the molecule is COC(=O)c1cccc(C2CCc3cc(OC(=O)OC(C)(C)C)cc(Cl)c3N2C)c1. The zero-order valence-corrected chi connectivity index (χ0v) is 18.6. The Kier molecular flexibility index (Phi) is 6.27. The lowest BCUT2D eigenvalue weighted by atomic mass is 9.91. The summed E-state index contributed by atoms with van der Waals surface area (Å²) in [5.74, 6) is -0.00906. The molecule has 0 aliphatic carbocycles. The summed E-state index contributed by atoms with van der Waals surface area (Å²) >= 11 is 6.57. The molecule has 0 bridgehead atoms. The van der Waals surface area contributed by atoms with Crippen LogP contribution in [0.25, 0.3) is 0 Å². The lowest BCUT2D eigenvalue weighted by Gasteiger charge is -2.37. The Morgan fingerprint density at radius 1 is 1.17 bits per heavy atom. The van der Waals surface area contributed by atoms with Crippen LogP contribution >= 0.6 is 11.6 Å².